The van der Waals surface area contributed by atoms with E-state index in [0.29, 0.717) is 17.9 Å². The van der Waals surface area contributed by atoms with Crippen molar-refractivity contribution in [1.82, 2.24) is 9.88 Å². The number of nitrogens with zero attached hydrogens (tertiary/aromatic N) is 1. The molecule has 4 rings (SSSR count). The van der Waals surface area contributed by atoms with E-state index < -0.39 is 0 Å². The number of hydrogen-bond donors (Lipinski definition) is 2. The number of benzene rings is 3. The van der Waals surface area contributed by atoms with Crippen molar-refractivity contribution in [2.24, 2.45) is 0 Å². The van der Waals surface area contributed by atoms with Gasteiger partial charge in [0.1, 0.15) is 5.75 Å². The molecule has 3 aromatic carbocycles. The third kappa shape index (κ3) is 2.52. The van der Waals surface area contributed by atoms with Crippen LogP contribution in [0.3, 0.4) is 0 Å². The molecule has 4 nitrogen and oxygen atoms in total. The van der Waals surface area contributed by atoms with Gasteiger partial charge >= 0.3 is 0 Å². The molecule has 124 valence electrons. The van der Waals surface area contributed by atoms with E-state index >= 15 is 0 Å². The molecule has 1 heterocycles. The molecule has 1 aromatic heterocycles. The van der Waals surface area contributed by atoms with Gasteiger partial charge in [0.15, 0.2) is 0 Å². The van der Waals surface area contributed by atoms with Crippen molar-refractivity contribution in [3.63, 3.8) is 0 Å². The van der Waals surface area contributed by atoms with Crippen LogP contribution in [-0.2, 0) is 6.54 Å². The molecule has 0 saturated heterocycles. The number of rotatable bonds is 3. The first-order valence-electron chi connectivity index (χ1n) is 8.19. The minimum absolute atomic E-state index is 0.0895. The molecule has 0 aliphatic heterocycles. The standard InChI is InChI=1S/C21H18N2O2/c1-22-21(25)15-11-9-14(10-12-15)13-23-17-6-3-2-5-16(17)20-18(23)7-4-8-19(20)24/h2-12,24H,13H2,1H3,(H,22,25). The number of aromatic nitrogens is 1. The molecule has 0 aliphatic carbocycles. The Hall–Kier alpha value is -3.27. The van der Waals surface area contributed by atoms with Gasteiger partial charge in [-0.1, -0.05) is 36.4 Å². The summed E-state index contributed by atoms with van der Waals surface area (Å²) in [6.45, 7) is 0.668. The van der Waals surface area contributed by atoms with E-state index in [4.69, 9.17) is 0 Å². The normalized spacial score (nSPS) is 11.1. The van der Waals surface area contributed by atoms with Gasteiger partial charge in [0, 0.05) is 35.4 Å². The van der Waals surface area contributed by atoms with Crippen molar-refractivity contribution in [2.45, 2.75) is 6.54 Å². The van der Waals surface area contributed by atoms with Crippen molar-refractivity contribution >= 4 is 27.7 Å². The SMILES string of the molecule is CNC(=O)c1ccc(Cn2c3ccccc3c3c(O)cccc32)cc1. The number of hydrogen-bond acceptors (Lipinski definition) is 2. The second-order valence-electron chi connectivity index (χ2n) is 6.05. The monoisotopic (exact) mass is 330 g/mol. The molecule has 2 N–H and O–H groups in total. The third-order valence-corrected chi connectivity index (χ3v) is 4.56. The number of para-hydroxylation sites is 1. The minimum atomic E-state index is -0.0895. The number of amides is 1. The molecule has 0 bridgehead atoms. The zero-order valence-corrected chi connectivity index (χ0v) is 13.9. The van der Waals surface area contributed by atoms with Crippen LogP contribution in [0.25, 0.3) is 21.8 Å². The van der Waals surface area contributed by atoms with Crippen LogP contribution in [0.15, 0.2) is 66.7 Å². The zero-order valence-electron chi connectivity index (χ0n) is 13.9. The van der Waals surface area contributed by atoms with Crippen LogP contribution >= 0.6 is 0 Å². The largest absolute Gasteiger partial charge is 0.507 e. The third-order valence-electron chi connectivity index (χ3n) is 4.56. The van der Waals surface area contributed by atoms with Gasteiger partial charge in [0.05, 0.1) is 5.52 Å². The van der Waals surface area contributed by atoms with Crippen LogP contribution in [0, 0.1) is 0 Å². The van der Waals surface area contributed by atoms with E-state index in [9.17, 15) is 9.90 Å². The second kappa shape index (κ2) is 5.98. The number of phenolic OH excluding ortho intramolecular Hbond substituents is 1. The van der Waals surface area contributed by atoms with E-state index in [1.54, 1.807) is 13.1 Å². The first-order valence-corrected chi connectivity index (χ1v) is 8.19. The fourth-order valence-corrected chi connectivity index (χ4v) is 3.34. The van der Waals surface area contributed by atoms with Crippen LogP contribution in [-0.4, -0.2) is 22.6 Å². The Balaban J connectivity index is 1.83. The van der Waals surface area contributed by atoms with Gasteiger partial charge < -0.3 is 15.0 Å². The maximum Gasteiger partial charge on any atom is 0.251 e. The van der Waals surface area contributed by atoms with Gasteiger partial charge in [0.2, 0.25) is 0 Å². The second-order valence-corrected chi connectivity index (χ2v) is 6.05. The average Bonchev–Trinajstić information content (AvgIpc) is 2.97. The van der Waals surface area contributed by atoms with Crippen LogP contribution < -0.4 is 5.32 Å². The van der Waals surface area contributed by atoms with Crippen molar-refractivity contribution in [2.75, 3.05) is 7.05 Å². The Morgan fingerprint density at radius 1 is 0.960 bits per heavy atom. The summed E-state index contributed by atoms with van der Waals surface area (Å²) >= 11 is 0. The van der Waals surface area contributed by atoms with Crippen molar-refractivity contribution < 1.29 is 9.90 Å². The predicted octanol–water partition coefficient (Wildman–Crippen LogP) is 3.91. The fraction of sp³-hybridized carbons (Fsp3) is 0.0952. The highest BCUT2D eigenvalue weighted by molar-refractivity contribution is 6.11. The maximum atomic E-state index is 11.7. The molecule has 0 radical (unpaired) electrons. The molecule has 0 saturated carbocycles. The number of carbonyl (C=O) groups excluding carboxylic acids is 1. The lowest BCUT2D eigenvalue weighted by Crippen LogP contribution is -2.17. The van der Waals surface area contributed by atoms with E-state index in [0.717, 1.165) is 27.4 Å². The fourth-order valence-electron chi connectivity index (χ4n) is 3.34. The summed E-state index contributed by atoms with van der Waals surface area (Å²) in [6, 6.07) is 21.3. The van der Waals surface area contributed by atoms with Gasteiger partial charge in [-0.15, -0.1) is 0 Å². The highest BCUT2D eigenvalue weighted by atomic mass is 16.3. The quantitative estimate of drug-likeness (QED) is 0.598. The highest BCUT2D eigenvalue weighted by Crippen LogP contribution is 2.35. The summed E-state index contributed by atoms with van der Waals surface area (Å²) in [5, 5.41) is 14.9. The lowest BCUT2D eigenvalue weighted by atomic mass is 10.1. The van der Waals surface area contributed by atoms with Crippen molar-refractivity contribution in [3.8, 4) is 5.75 Å². The molecular weight excluding hydrogens is 312 g/mol. The zero-order chi connectivity index (χ0) is 17.4. The maximum absolute atomic E-state index is 11.7. The summed E-state index contributed by atoms with van der Waals surface area (Å²) < 4.78 is 2.19. The van der Waals surface area contributed by atoms with Crippen molar-refractivity contribution in [1.29, 1.82) is 0 Å². The summed E-state index contributed by atoms with van der Waals surface area (Å²) in [6.07, 6.45) is 0. The van der Waals surface area contributed by atoms with Crippen molar-refractivity contribution in [3.05, 3.63) is 77.9 Å². The van der Waals surface area contributed by atoms with Crippen LogP contribution in [0.4, 0.5) is 0 Å². The molecule has 0 atom stereocenters. The van der Waals surface area contributed by atoms with Crippen LogP contribution in [0.2, 0.25) is 0 Å². The smallest absolute Gasteiger partial charge is 0.251 e. The first kappa shape index (κ1) is 15.3. The molecule has 4 heteroatoms. The molecule has 25 heavy (non-hydrogen) atoms. The van der Waals surface area contributed by atoms with Crippen LogP contribution in [0.5, 0.6) is 5.75 Å². The highest BCUT2D eigenvalue weighted by Gasteiger charge is 2.13. The number of fused-ring (bicyclic) bond motifs is 3. The van der Waals surface area contributed by atoms with Gasteiger partial charge in [-0.3, -0.25) is 4.79 Å². The van der Waals surface area contributed by atoms with E-state index in [2.05, 4.69) is 16.0 Å². The predicted molar refractivity (Wildman–Crippen MR) is 100 cm³/mol. The van der Waals surface area contributed by atoms with E-state index in [-0.39, 0.29) is 5.91 Å². The molecular formula is C21H18N2O2. The minimum Gasteiger partial charge on any atom is -0.507 e. The first-order chi connectivity index (χ1) is 12.2. The van der Waals surface area contributed by atoms with Gasteiger partial charge in [-0.2, -0.15) is 0 Å². The molecule has 0 spiro atoms. The Kier molecular flexibility index (Phi) is 3.65. The average molecular weight is 330 g/mol. The topological polar surface area (TPSA) is 54.3 Å². The summed E-state index contributed by atoms with van der Waals surface area (Å²) in [7, 11) is 1.63. The Bertz CT molecular complexity index is 1080. The summed E-state index contributed by atoms with van der Waals surface area (Å²) in [5.74, 6) is 0.204. The number of nitrogens with one attached hydrogen (secondary N) is 1. The van der Waals surface area contributed by atoms with Gasteiger partial charge in [-0.25, -0.2) is 0 Å². The van der Waals surface area contributed by atoms with E-state index in [1.807, 2.05) is 54.6 Å². The molecule has 0 unspecified atom stereocenters. The van der Waals surface area contributed by atoms with Gasteiger partial charge in [-0.05, 0) is 35.9 Å². The molecule has 0 fully saturated rings. The van der Waals surface area contributed by atoms with Crippen LogP contribution in [0.1, 0.15) is 15.9 Å². The number of aromatic hydroxyl groups is 1. The molecule has 4 aromatic rings. The Labute approximate surface area is 145 Å². The molecule has 0 aliphatic rings. The molecule has 1 amide bonds. The lowest BCUT2D eigenvalue weighted by molar-refractivity contribution is 0.0963. The summed E-state index contributed by atoms with van der Waals surface area (Å²) in [4.78, 5) is 11.7. The Morgan fingerprint density at radius 2 is 1.68 bits per heavy atom. The van der Waals surface area contributed by atoms with E-state index in [1.165, 1.54) is 0 Å². The Morgan fingerprint density at radius 3 is 2.44 bits per heavy atom. The van der Waals surface area contributed by atoms with Gasteiger partial charge in [0.25, 0.3) is 5.91 Å². The number of phenols is 1. The summed E-state index contributed by atoms with van der Waals surface area (Å²) in [5.41, 5.74) is 3.82. The lowest BCUT2D eigenvalue weighted by Gasteiger charge is -2.09. The number of carbonyl (C=O) groups is 1.